The van der Waals surface area contributed by atoms with Gasteiger partial charge in [0.15, 0.2) is 5.16 Å². The van der Waals surface area contributed by atoms with Crippen LogP contribution in [0.15, 0.2) is 35.5 Å². The van der Waals surface area contributed by atoms with Crippen LogP contribution in [0.25, 0.3) is 0 Å². The van der Waals surface area contributed by atoms with Crippen LogP contribution in [0.3, 0.4) is 0 Å². The van der Waals surface area contributed by atoms with Crippen LogP contribution in [-0.2, 0) is 21.7 Å². The average molecular weight is 458 g/mol. The Morgan fingerprint density at radius 3 is 2.47 bits per heavy atom. The lowest BCUT2D eigenvalue weighted by Gasteiger charge is -2.35. The molecule has 2 amide bonds. The maximum Gasteiger partial charge on any atom is 0.251 e. The minimum Gasteiger partial charge on any atom is -0.383 e. The normalized spacial score (nSPS) is 13.8. The van der Waals surface area contributed by atoms with Crippen LogP contribution >= 0.6 is 11.8 Å². The summed E-state index contributed by atoms with van der Waals surface area (Å²) in [6.45, 7) is 7.67. The molecule has 1 aliphatic rings. The van der Waals surface area contributed by atoms with Gasteiger partial charge in [-0.15, -0.1) is 0 Å². The number of carbonyl (C=O) groups is 2. The molecule has 0 bridgehead atoms. The number of rotatable bonds is 9. The third kappa shape index (κ3) is 6.67. The molecule has 172 valence electrons. The molecule has 1 aromatic carbocycles. The lowest BCUT2D eigenvalue weighted by atomic mass is 10.1. The average Bonchev–Trinajstić information content (AvgIpc) is 2.83. The second kappa shape index (κ2) is 11.8. The van der Waals surface area contributed by atoms with E-state index >= 15 is 0 Å². The van der Waals surface area contributed by atoms with E-state index in [1.54, 1.807) is 25.8 Å². The van der Waals surface area contributed by atoms with Crippen molar-refractivity contribution in [1.29, 1.82) is 0 Å². The highest BCUT2D eigenvalue weighted by Gasteiger charge is 2.20. The molecule has 3 rings (SSSR count). The van der Waals surface area contributed by atoms with Gasteiger partial charge < -0.3 is 19.9 Å². The van der Waals surface area contributed by atoms with Crippen molar-refractivity contribution in [3.63, 3.8) is 0 Å². The minimum atomic E-state index is -0.102. The number of benzene rings is 1. The highest BCUT2D eigenvalue weighted by Crippen LogP contribution is 2.24. The predicted molar refractivity (Wildman–Crippen MR) is 126 cm³/mol. The molecular weight excluding hydrogens is 426 g/mol. The van der Waals surface area contributed by atoms with Gasteiger partial charge in [0, 0.05) is 69.8 Å². The first-order valence-corrected chi connectivity index (χ1v) is 11.9. The first-order valence-electron chi connectivity index (χ1n) is 10.9. The Bertz CT molecular complexity index is 914. The molecule has 32 heavy (non-hydrogen) atoms. The number of piperazine rings is 1. The number of hydrogen-bond acceptors (Lipinski definition) is 7. The molecule has 9 heteroatoms. The number of carbonyl (C=O) groups excluding carboxylic acids is 2. The van der Waals surface area contributed by atoms with Crippen molar-refractivity contribution in [3.8, 4) is 0 Å². The van der Waals surface area contributed by atoms with Gasteiger partial charge in [0.1, 0.15) is 5.82 Å². The van der Waals surface area contributed by atoms with Crippen LogP contribution in [0, 0.1) is 0 Å². The maximum atomic E-state index is 12.1. The predicted octanol–water partition coefficient (Wildman–Crippen LogP) is 2.38. The Morgan fingerprint density at radius 2 is 1.84 bits per heavy atom. The Labute approximate surface area is 193 Å². The quantitative estimate of drug-likeness (QED) is 0.351. The molecule has 2 aromatic rings. The number of aryl methyl sites for hydroxylation is 1. The summed E-state index contributed by atoms with van der Waals surface area (Å²) in [5.41, 5.74) is 2.74. The number of aromatic nitrogens is 2. The first kappa shape index (κ1) is 24.0. The van der Waals surface area contributed by atoms with E-state index in [2.05, 4.69) is 22.1 Å². The molecule has 1 aliphatic heterocycles. The summed E-state index contributed by atoms with van der Waals surface area (Å²) >= 11 is 1.59. The second-order valence-electron chi connectivity index (χ2n) is 7.58. The van der Waals surface area contributed by atoms with Crippen molar-refractivity contribution in [1.82, 2.24) is 20.2 Å². The number of methoxy groups -OCH3 is 1. The van der Waals surface area contributed by atoms with Gasteiger partial charge in [-0.05, 0) is 24.1 Å². The van der Waals surface area contributed by atoms with E-state index in [9.17, 15) is 9.59 Å². The second-order valence-corrected chi connectivity index (χ2v) is 8.52. The number of thioether (sulfide) groups is 1. The van der Waals surface area contributed by atoms with E-state index in [0.717, 1.165) is 47.5 Å². The highest BCUT2D eigenvalue weighted by molar-refractivity contribution is 7.98. The number of nitrogens with one attached hydrogen (secondary N) is 1. The summed E-state index contributed by atoms with van der Waals surface area (Å²) in [7, 11) is 1.61. The molecule has 0 unspecified atom stereocenters. The van der Waals surface area contributed by atoms with E-state index in [-0.39, 0.29) is 11.8 Å². The van der Waals surface area contributed by atoms with Gasteiger partial charge >= 0.3 is 0 Å². The van der Waals surface area contributed by atoms with Crippen LogP contribution in [0.4, 0.5) is 5.82 Å². The van der Waals surface area contributed by atoms with Gasteiger partial charge in [-0.25, -0.2) is 9.97 Å². The molecular formula is C23H31N5O3S. The summed E-state index contributed by atoms with van der Waals surface area (Å²) in [6.07, 6.45) is 0.837. The zero-order valence-corrected chi connectivity index (χ0v) is 19.8. The molecule has 0 saturated carbocycles. The monoisotopic (exact) mass is 457 g/mol. The molecule has 0 spiro atoms. The number of hydrogen-bond donors (Lipinski definition) is 1. The fourth-order valence-electron chi connectivity index (χ4n) is 3.39. The molecule has 0 atom stereocenters. The van der Waals surface area contributed by atoms with Crippen molar-refractivity contribution in [2.24, 2.45) is 0 Å². The largest absolute Gasteiger partial charge is 0.383 e. The summed E-state index contributed by atoms with van der Waals surface area (Å²) in [5.74, 6) is 1.66. The zero-order valence-electron chi connectivity index (χ0n) is 19.0. The molecule has 0 radical (unpaired) electrons. The Morgan fingerprint density at radius 1 is 1.12 bits per heavy atom. The topological polar surface area (TPSA) is 87.7 Å². The number of anilines is 1. The van der Waals surface area contributed by atoms with E-state index in [0.29, 0.717) is 31.8 Å². The van der Waals surface area contributed by atoms with Crippen molar-refractivity contribution < 1.29 is 14.3 Å². The first-order chi connectivity index (χ1) is 15.5. The van der Waals surface area contributed by atoms with E-state index in [1.807, 2.05) is 35.2 Å². The van der Waals surface area contributed by atoms with Crippen molar-refractivity contribution in [2.75, 3.05) is 51.3 Å². The fraction of sp³-hybridized carbons (Fsp3) is 0.478. The SMILES string of the molecule is CCc1cc(N2CCN(C(C)=O)CC2)nc(SCc2ccc(C(=O)NCCOC)cc2)n1. The summed E-state index contributed by atoms with van der Waals surface area (Å²) < 4.78 is 4.95. The Hall–Kier alpha value is -2.65. The van der Waals surface area contributed by atoms with Crippen LogP contribution in [0.1, 0.15) is 35.5 Å². The van der Waals surface area contributed by atoms with Gasteiger partial charge in [0.25, 0.3) is 5.91 Å². The van der Waals surface area contributed by atoms with Gasteiger partial charge in [0.05, 0.1) is 6.61 Å². The molecule has 8 nitrogen and oxygen atoms in total. The number of ether oxygens (including phenoxy) is 1. The molecule has 1 fully saturated rings. The van der Waals surface area contributed by atoms with Crippen molar-refractivity contribution in [2.45, 2.75) is 31.2 Å². The smallest absolute Gasteiger partial charge is 0.251 e. The lowest BCUT2D eigenvalue weighted by molar-refractivity contribution is -0.129. The minimum absolute atomic E-state index is 0.102. The molecule has 1 saturated heterocycles. The van der Waals surface area contributed by atoms with Gasteiger partial charge in [0.2, 0.25) is 5.91 Å². The molecule has 1 N–H and O–H groups in total. The summed E-state index contributed by atoms with van der Waals surface area (Å²) in [5, 5.41) is 3.57. The van der Waals surface area contributed by atoms with Crippen LogP contribution in [0.5, 0.6) is 0 Å². The van der Waals surface area contributed by atoms with Crippen LogP contribution in [-0.4, -0.2) is 73.1 Å². The maximum absolute atomic E-state index is 12.1. The third-order valence-electron chi connectivity index (χ3n) is 5.33. The summed E-state index contributed by atoms with van der Waals surface area (Å²) in [4.78, 5) is 37.2. The number of amides is 2. The highest BCUT2D eigenvalue weighted by atomic mass is 32.2. The van der Waals surface area contributed by atoms with Crippen LogP contribution in [0.2, 0.25) is 0 Å². The standard InChI is InChI=1S/C23H31N5O3S/c1-4-20-15-21(28-12-10-27(11-13-28)17(2)29)26-23(25-20)32-16-18-5-7-19(8-6-18)22(30)24-9-14-31-3/h5-8,15H,4,9-14,16H2,1-3H3,(H,24,30). The van der Waals surface area contributed by atoms with Crippen molar-refractivity contribution in [3.05, 3.63) is 47.2 Å². The third-order valence-corrected chi connectivity index (χ3v) is 6.25. The molecule has 2 heterocycles. The van der Waals surface area contributed by atoms with Gasteiger partial charge in [-0.2, -0.15) is 0 Å². The van der Waals surface area contributed by atoms with E-state index in [1.165, 1.54) is 0 Å². The van der Waals surface area contributed by atoms with Crippen LogP contribution < -0.4 is 10.2 Å². The Kier molecular flexibility index (Phi) is 8.87. The summed E-state index contributed by atoms with van der Waals surface area (Å²) in [6, 6.07) is 9.64. The Balaban J connectivity index is 1.60. The van der Waals surface area contributed by atoms with E-state index < -0.39 is 0 Å². The van der Waals surface area contributed by atoms with Crippen molar-refractivity contribution >= 4 is 29.4 Å². The number of nitrogens with zero attached hydrogens (tertiary/aromatic N) is 4. The lowest BCUT2D eigenvalue weighted by Crippen LogP contribution is -2.48. The fourth-order valence-corrected chi connectivity index (χ4v) is 4.21. The zero-order chi connectivity index (χ0) is 22.9. The molecule has 0 aliphatic carbocycles. The molecule has 1 aromatic heterocycles. The van der Waals surface area contributed by atoms with E-state index in [4.69, 9.17) is 9.72 Å². The van der Waals surface area contributed by atoms with Gasteiger partial charge in [-0.1, -0.05) is 30.8 Å². The van der Waals surface area contributed by atoms with Gasteiger partial charge in [-0.3, -0.25) is 9.59 Å².